The monoisotopic (exact) mass is 361 g/mol. The highest BCUT2D eigenvalue weighted by Crippen LogP contribution is 2.43. The van der Waals surface area contributed by atoms with Gasteiger partial charge >= 0.3 is 12.1 Å². The number of hydrogen-bond acceptors (Lipinski definition) is 3. The van der Waals surface area contributed by atoms with Crippen LogP contribution < -0.4 is 0 Å². The summed E-state index contributed by atoms with van der Waals surface area (Å²) < 4.78 is 5.52. The van der Waals surface area contributed by atoms with E-state index in [4.69, 9.17) is 4.74 Å². The van der Waals surface area contributed by atoms with Crippen LogP contribution in [0.1, 0.15) is 58.4 Å². The van der Waals surface area contributed by atoms with Crippen molar-refractivity contribution in [2.75, 3.05) is 6.54 Å². The van der Waals surface area contributed by atoms with Crippen molar-refractivity contribution in [1.82, 2.24) is 4.90 Å². The summed E-state index contributed by atoms with van der Waals surface area (Å²) in [4.78, 5) is 26.9. The van der Waals surface area contributed by atoms with Gasteiger partial charge in [0.15, 0.2) is 0 Å². The average molecular weight is 361 g/mol. The predicted octanol–water partition coefficient (Wildman–Crippen LogP) is 4.70. The molecule has 1 N–H and O–H groups in total. The lowest BCUT2D eigenvalue weighted by Gasteiger charge is -2.49. The molecule has 26 heavy (non-hydrogen) atoms. The molecule has 1 aliphatic rings. The first kappa shape index (κ1) is 20.3. The van der Waals surface area contributed by atoms with Crippen LogP contribution in [-0.4, -0.2) is 34.2 Å². The molecule has 5 heteroatoms. The van der Waals surface area contributed by atoms with Crippen molar-refractivity contribution < 1.29 is 19.4 Å². The summed E-state index contributed by atoms with van der Waals surface area (Å²) in [6.45, 7) is 6.60. The van der Waals surface area contributed by atoms with Crippen LogP contribution in [0.2, 0.25) is 0 Å². The molecule has 1 aromatic carbocycles. The molecule has 0 saturated heterocycles. The van der Waals surface area contributed by atoms with Crippen molar-refractivity contribution in [1.29, 1.82) is 0 Å². The quantitative estimate of drug-likeness (QED) is 0.764. The van der Waals surface area contributed by atoms with Gasteiger partial charge in [0.2, 0.25) is 0 Å². The van der Waals surface area contributed by atoms with E-state index >= 15 is 0 Å². The van der Waals surface area contributed by atoms with Gasteiger partial charge in [-0.15, -0.1) is 0 Å². The van der Waals surface area contributed by atoms with E-state index in [1.807, 2.05) is 51.1 Å². The van der Waals surface area contributed by atoms with E-state index in [2.05, 4.69) is 0 Å². The molecule has 2 rings (SSSR count). The lowest BCUT2D eigenvalue weighted by Crippen LogP contribution is -2.63. The lowest BCUT2D eigenvalue weighted by atomic mass is 9.67. The topological polar surface area (TPSA) is 66.8 Å². The second-order valence-corrected chi connectivity index (χ2v) is 7.52. The van der Waals surface area contributed by atoms with Crippen LogP contribution in [0.15, 0.2) is 30.3 Å². The molecule has 0 spiro atoms. The second kappa shape index (κ2) is 9.06. The van der Waals surface area contributed by atoms with Crippen LogP contribution in [0.4, 0.5) is 4.79 Å². The van der Waals surface area contributed by atoms with Crippen LogP contribution in [-0.2, 0) is 16.1 Å². The first-order valence-corrected chi connectivity index (χ1v) is 9.65. The number of rotatable bonds is 7. The molecule has 1 aromatic rings. The zero-order valence-corrected chi connectivity index (χ0v) is 16.1. The third-order valence-electron chi connectivity index (χ3n) is 5.47. The van der Waals surface area contributed by atoms with Crippen molar-refractivity contribution in [3.63, 3.8) is 0 Å². The van der Waals surface area contributed by atoms with Gasteiger partial charge in [0.25, 0.3) is 0 Å². The average Bonchev–Trinajstić information content (AvgIpc) is 2.64. The van der Waals surface area contributed by atoms with Crippen molar-refractivity contribution in [3.05, 3.63) is 35.9 Å². The largest absolute Gasteiger partial charge is 0.479 e. The molecule has 1 amide bonds. The van der Waals surface area contributed by atoms with E-state index < -0.39 is 17.6 Å². The van der Waals surface area contributed by atoms with E-state index in [1.54, 1.807) is 0 Å². The minimum atomic E-state index is -1.17. The zero-order valence-electron chi connectivity index (χ0n) is 16.1. The van der Waals surface area contributed by atoms with Gasteiger partial charge < -0.3 is 9.84 Å². The van der Waals surface area contributed by atoms with Crippen molar-refractivity contribution in [2.24, 2.45) is 11.8 Å². The third-order valence-corrected chi connectivity index (χ3v) is 5.47. The summed E-state index contributed by atoms with van der Waals surface area (Å²) in [7, 11) is 0. The van der Waals surface area contributed by atoms with E-state index in [9.17, 15) is 14.7 Å². The van der Waals surface area contributed by atoms with Crippen LogP contribution in [0.3, 0.4) is 0 Å². The maximum atomic E-state index is 12.9. The highest BCUT2D eigenvalue weighted by Gasteiger charge is 2.54. The summed E-state index contributed by atoms with van der Waals surface area (Å²) in [6, 6.07) is 9.47. The van der Waals surface area contributed by atoms with E-state index in [-0.39, 0.29) is 18.4 Å². The standard InChI is InChI=1S/C21H31NO4/c1-4-14-22(20(25)26-15-17-10-6-5-7-11-17)21(19(23)24)13-9-8-12-18(21)16(2)3/h5-7,10-11,16,18H,4,8-9,12-15H2,1-3H3,(H,23,24). The Bertz CT molecular complexity index is 601. The lowest BCUT2D eigenvalue weighted by molar-refractivity contribution is -0.159. The number of carboxylic acids is 1. The molecular formula is C21H31NO4. The molecule has 2 unspecified atom stereocenters. The molecule has 144 valence electrons. The Balaban J connectivity index is 2.28. The number of amides is 1. The number of carbonyl (C=O) groups is 2. The van der Waals surface area contributed by atoms with E-state index in [1.165, 1.54) is 4.90 Å². The number of ether oxygens (including phenoxy) is 1. The van der Waals surface area contributed by atoms with Gasteiger partial charge in [-0.3, -0.25) is 4.90 Å². The number of benzene rings is 1. The number of carbonyl (C=O) groups excluding carboxylic acids is 1. The number of aliphatic carboxylic acids is 1. The number of nitrogens with zero attached hydrogens (tertiary/aromatic N) is 1. The third kappa shape index (κ3) is 4.19. The molecule has 1 aliphatic carbocycles. The highest BCUT2D eigenvalue weighted by atomic mass is 16.6. The molecule has 2 atom stereocenters. The molecule has 0 heterocycles. The minimum Gasteiger partial charge on any atom is -0.479 e. The fourth-order valence-electron chi connectivity index (χ4n) is 4.26. The summed E-state index contributed by atoms with van der Waals surface area (Å²) in [5.41, 5.74) is -0.276. The zero-order chi connectivity index (χ0) is 19.2. The van der Waals surface area contributed by atoms with Crippen LogP contribution >= 0.6 is 0 Å². The van der Waals surface area contributed by atoms with Gasteiger partial charge in [0, 0.05) is 6.54 Å². The van der Waals surface area contributed by atoms with Gasteiger partial charge in [-0.2, -0.15) is 0 Å². The van der Waals surface area contributed by atoms with Gasteiger partial charge in [-0.1, -0.05) is 63.9 Å². The molecule has 1 saturated carbocycles. The minimum absolute atomic E-state index is 0.0652. The molecule has 0 bridgehead atoms. The van der Waals surface area contributed by atoms with E-state index in [0.29, 0.717) is 19.4 Å². The van der Waals surface area contributed by atoms with Gasteiger partial charge in [-0.25, -0.2) is 9.59 Å². The van der Waals surface area contributed by atoms with Gasteiger partial charge in [0.1, 0.15) is 12.1 Å². The summed E-state index contributed by atoms with van der Waals surface area (Å²) in [5.74, 6) is -0.779. The molecule has 0 radical (unpaired) electrons. The Kier molecular flexibility index (Phi) is 7.06. The second-order valence-electron chi connectivity index (χ2n) is 7.52. The Hall–Kier alpha value is -2.04. The van der Waals surface area contributed by atoms with Crippen LogP contribution in [0, 0.1) is 11.8 Å². The van der Waals surface area contributed by atoms with Crippen molar-refractivity contribution in [3.8, 4) is 0 Å². The SMILES string of the molecule is CCCN(C(=O)OCc1ccccc1)C1(C(=O)O)CCCCC1C(C)C. The van der Waals surface area contributed by atoms with Crippen LogP contribution in [0.5, 0.6) is 0 Å². The maximum absolute atomic E-state index is 12.9. The highest BCUT2D eigenvalue weighted by molar-refractivity contribution is 5.85. The normalized spacial score (nSPS) is 22.8. The number of carboxylic acid groups (broad SMARTS) is 1. The molecule has 0 aliphatic heterocycles. The fourth-order valence-corrected chi connectivity index (χ4v) is 4.26. The Morgan fingerprint density at radius 1 is 1.27 bits per heavy atom. The van der Waals surface area contributed by atoms with Gasteiger partial charge in [0.05, 0.1) is 0 Å². The smallest absolute Gasteiger partial charge is 0.411 e. The Morgan fingerprint density at radius 3 is 2.54 bits per heavy atom. The summed E-state index contributed by atoms with van der Waals surface area (Å²) >= 11 is 0. The molecule has 0 aromatic heterocycles. The Labute approximate surface area is 156 Å². The molecule has 5 nitrogen and oxygen atoms in total. The summed E-state index contributed by atoms with van der Waals surface area (Å²) in [6.07, 6.45) is 3.33. The van der Waals surface area contributed by atoms with Crippen molar-refractivity contribution in [2.45, 2.75) is 65.0 Å². The number of hydrogen-bond donors (Lipinski definition) is 1. The fraction of sp³-hybridized carbons (Fsp3) is 0.619. The van der Waals surface area contributed by atoms with Crippen molar-refractivity contribution >= 4 is 12.1 Å². The summed E-state index contributed by atoms with van der Waals surface area (Å²) in [5, 5.41) is 10.2. The first-order valence-electron chi connectivity index (χ1n) is 9.65. The van der Waals surface area contributed by atoms with Gasteiger partial charge in [-0.05, 0) is 36.7 Å². The molecular weight excluding hydrogens is 330 g/mol. The van der Waals surface area contributed by atoms with Crippen LogP contribution in [0.25, 0.3) is 0 Å². The van der Waals surface area contributed by atoms with E-state index in [0.717, 1.165) is 24.8 Å². The maximum Gasteiger partial charge on any atom is 0.411 e. The Morgan fingerprint density at radius 2 is 1.96 bits per heavy atom. The molecule has 1 fully saturated rings. The first-order chi connectivity index (χ1) is 12.4. The predicted molar refractivity (Wildman–Crippen MR) is 101 cm³/mol.